The van der Waals surface area contributed by atoms with Crippen LogP contribution in [0.2, 0.25) is 0 Å². The van der Waals surface area contributed by atoms with Crippen LogP contribution < -0.4 is 4.90 Å². The molecule has 1 aromatic rings. The minimum absolute atomic E-state index is 0.210. The van der Waals surface area contributed by atoms with Crippen molar-refractivity contribution >= 4 is 5.82 Å². The van der Waals surface area contributed by atoms with Gasteiger partial charge in [0.2, 0.25) is 0 Å². The Kier molecular flexibility index (Phi) is 3.10. The Hall–Kier alpha value is -1.16. The topological polar surface area (TPSA) is 49.2 Å². The van der Waals surface area contributed by atoms with Gasteiger partial charge in [-0.1, -0.05) is 13.8 Å². The highest BCUT2D eigenvalue weighted by atomic mass is 16.3. The van der Waals surface area contributed by atoms with Crippen LogP contribution in [0.15, 0.2) is 6.07 Å². The van der Waals surface area contributed by atoms with Gasteiger partial charge >= 0.3 is 0 Å². The number of aliphatic hydroxyl groups is 1. The van der Waals surface area contributed by atoms with E-state index in [1.807, 2.05) is 13.0 Å². The molecule has 88 valence electrons. The van der Waals surface area contributed by atoms with Crippen LogP contribution in [-0.2, 0) is 0 Å². The Balaban J connectivity index is 2.27. The Labute approximate surface area is 96.3 Å². The summed E-state index contributed by atoms with van der Waals surface area (Å²) in [4.78, 5) is 11.1. The van der Waals surface area contributed by atoms with E-state index in [1.165, 1.54) is 0 Å². The molecule has 1 N–H and O–H groups in total. The van der Waals surface area contributed by atoms with Gasteiger partial charge in [0.15, 0.2) is 0 Å². The lowest BCUT2D eigenvalue weighted by Crippen LogP contribution is -2.23. The molecular formula is C12H19N3O. The number of anilines is 1. The van der Waals surface area contributed by atoms with E-state index in [4.69, 9.17) is 0 Å². The number of hydrogen-bond acceptors (Lipinski definition) is 4. The minimum Gasteiger partial charge on any atom is -0.391 e. The Bertz CT molecular complexity index is 379. The summed E-state index contributed by atoms with van der Waals surface area (Å²) in [6.45, 7) is 7.75. The summed E-state index contributed by atoms with van der Waals surface area (Å²) in [7, 11) is 0. The van der Waals surface area contributed by atoms with E-state index in [2.05, 4.69) is 28.7 Å². The SMILES string of the molecule is Cc1cc(N2CCC(O)C2)nc(C(C)C)n1. The van der Waals surface area contributed by atoms with Crippen LogP contribution in [0.3, 0.4) is 0 Å². The molecule has 0 bridgehead atoms. The fourth-order valence-electron chi connectivity index (χ4n) is 1.94. The molecule has 1 unspecified atom stereocenters. The first-order valence-corrected chi connectivity index (χ1v) is 5.85. The maximum atomic E-state index is 9.52. The van der Waals surface area contributed by atoms with Gasteiger partial charge in [0.25, 0.3) is 0 Å². The first-order chi connectivity index (χ1) is 7.56. The molecule has 1 aliphatic heterocycles. The predicted molar refractivity (Wildman–Crippen MR) is 63.7 cm³/mol. The molecule has 0 aromatic carbocycles. The van der Waals surface area contributed by atoms with Gasteiger partial charge in [0.05, 0.1) is 6.10 Å². The van der Waals surface area contributed by atoms with Gasteiger partial charge in [-0.3, -0.25) is 0 Å². The quantitative estimate of drug-likeness (QED) is 0.821. The van der Waals surface area contributed by atoms with E-state index in [-0.39, 0.29) is 6.10 Å². The molecule has 1 aromatic heterocycles. The van der Waals surface area contributed by atoms with Crippen molar-refractivity contribution in [3.8, 4) is 0 Å². The summed E-state index contributed by atoms with van der Waals surface area (Å²) in [6, 6.07) is 1.99. The highest BCUT2D eigenvalue weighted by Gasteiger charge is 2.22. The molecule has 0 radical (unpaired) electrons. The van der Waals surface area contributed by atoms with E-state index in [0.717, 1.165) is 30.3 Å². The smallest absolute Gasteiger partial charge is 0.133 e. The molecule has 1 aliphatic rings. The van der Waals surface area contributed by atoms with Gasteiger partial charge in [-0.05, 0) is 13.3 Å². The molecule has 16 heavy (non-hydrogen) atoms. The van der Waals surface area contributed by atoms with Crippen LogP contribution in [0.4, 0.5) is 5.82 Å². The van der Waals surface area contributed by atoms with Crippen LogP contribution in [-0.4, -0.2) is 34.3 Å². The average Bonchev–Trinajstić information content (AvgIpc) is 2.64. The number of nitrogens with zero attached hydrogens (tertiary/aromatic N) is 3. The second-order valence-corrected chi connectivity index (χ2v) is 4.77. The average molecular weight is 221 g/mol. The lowest BCUT2D eigenvalue weighted by atomic mass is 10.2. The van der Waals surface area contributed by atoms with Gasteiger partial charge in [-0.25, -0.2) is 9.97 Å². The number of β-amino-alcohol motifs (C(OH)–C–C–N with tert-alkyl or cyclic N) is 1. The van der Waals surface area contributed by atoms with Gasteiger partial charge < -0.3 is 10.0 Å². The standard InChI is InChI=1S/C12H19N3O/c1-8(2)12-13-9(3)6-11(14-12)15-5-4-10(16)7-15/h6,8,10,16H,4-5,7H2,1-3H3. The van der Waals surface area contributed by atoms with Crippen molar-refractivity contribution in [2.24, 2.45) is 0 Å². The monoisotopic (exact) mass is 221 g/mol. The van der Waals surface area contributed by atoms with E-state index in [9.17, 15) is 5.11 Å². The van der Waals surface area contributed by atoms with Crippen molar-refractivity contribution in [3.63, 3.8) is 0 Å². The van der Waals surface area contributed by atoms with Crippen LogP contribution in [0.5, 0.6) is 0 Å². The predicted octanol–water partition coefficient (Wildman–Crippen LogP) is 1.48. The van der Waals surface area contributed by atoms with Gasteiger partial charge in [0, 0.05) is 30.8 Å². The molecule has 2 heterocycles. The minimum atomic E-state index is -0.210. The van der Waals surface area contributed by atoms with Crippen molar-refractivity contribution in [1.29, 1.82) is 0 Å². The molecular weight excluding hydrogens is 202 g/mol. The van der Waals surface area contributed by atoms with E-state index in [0.29, 0.717) is 12.5 Å². The fourth-order valence-corrected chi connectivity index (χ4v) is 1.94. The molecule has 2 rings (SSSR count). The molecule has 1 atom stereocenters. The third kappa shape index (κ3) is 2.32. The van der Waals surface area contributed by atoms with Gasteiger partial charge in [0.1, 0.15) is 11.6 Å². The second-order valence-electron chi connectivity index (χ2n) is 4.77. The number of aryl methyl sites for hydroxylation is 1. The first-order valence-electron chi connectivity index (χ1n) is 5.85. The number of aromatic nitrogens is 2. The summed E-state index contributed by atoms with van der Waals surface area (Å²) in [5, 5.41) is 9.52. The summed E-state index contributed by atoms with van der Waals surface area (Å²) in [5.41, 5.74) is 0.995. The van der Waals surface area contributed by atoms with Crippen LogP contribution >= 0.6 is 0 Å². The van der Waals surface area contributed by atoms with E-state index in [1.54, 1.807) is 0 Å². The molecule has 1 fully saturated rings. The maximum absolute atomic E-state index is 9.52. The highest BCUT2D eigenvalue weighted by Crippen LogP contribution is 2.21. The Morgan fingerprint density at radius 1 is 1.44 bits per heavy atom. The summed E-state index contributed by atoms with van der Waals surface area (Å²) in [5.74, 6) is 2.18. The molecule has 4 nitrogen and oxygen atoms in total. The van der Waals surface area contributed by atoms with Crippen molar-refractivity contribution in [3.05, 3.63) is 17.6 Å². The zero-order valence-electron chi connectivity index (χ0n) is 10.1. The summed E-state index contributed by atoms with van der Waals surface area (Å²) in [6.07, 6.45) is 0.623. The zero-order chi connectivity index (χ0) is 11.7. The third-order valence-corrected chi connectivity index (χ3v) is 2.86. The lowest BCUT2D eigenvalue weighted by Gasteiger charge is -2.18. The lowest BCUT2D eigenvalue weighted by molar-refractivity contribution is 0.198. The number of hydrogen-bond donors (Lipinski definition) is 1. The maximum Gasteiger partial charge on any atom is 0.133 e. The normalized spacial score (nSPS) is 20.8. The molecule has 0 aliphatic carbocycles. The van der Waals surface area contributed by atoms with Gasteiger partial charge in [-0.2, -0.15) is 0 Å². The molecule has 0 spiro atoms. The van der Waals surface area contributed by atoms with Crippen molar-refractivity contribution in [2.45, 2.75) is 39.2 Å². The third-order valence-electron chi connectivity index (χ3n) is 2.86. The van der Waals surface area contributed by atoms with Crippen LogP contribution in [0, 0.1) is 6.92 Å². The zero-order valence-corrected chi connectivity index (χ0v) is 10.1. The number of rotatable bonds is 2. The van der Waals surface area contributed by atoms with E-state index < -0.39 is 0 Å². The van der Waals surface area contributed by atoms with Crippen LogP contribution in [0.25, 0.3) is 0 Å². The summed E-state index contributed by atoms with van der Waals surface area (Å²) >= 11 is 0. The molecule has 4 heteroatoms. The van der Waals surface area contributed by atoms with E-state index >= 15 is 0 Å². The van der Waals surface area contributed by atoms with Crippen molar-refractivity contribution < 1.29 is 5.11 Å². The van der Waals surface area contributed by atoms with Crippen molar-refractivity contribution in [1.82, 2.24) is 9.97 Å². The molecule has 0 amide bonds. The van der Waals surface area contributed by atoms with Crippen molar-refractivity contribution in [2.75, 3.05) is 18.0 Å². The largest absolute Gasteiger partial charge is 0.391 e. The molecule has 1 saturated heterocycles. The Morgan fingerprint density at radius 2 is 2.19 bits per heavy atom. The molecule has 0 saturated carbocycles. The first kappa shape index (κ1) is 11.3. The number of aliphatic hydroxyl groups excluding tert-OH is 1. The fraction of sp³-hybridized carbons (Fsp3) is 0.667. The Morgan fingerprint density at radius 3 is 2.75 bits per heavy atom. The summed E-state index contributed by atoms with van der Waals surface area (Å²) < 4.78 is 0. The van der Waals surface area contributed by atoms with Gasteiger partial charge in [-0.15, -0.1) is 0 Å². The second kappa shape index (κ2) is 4.37. The van der Waals surface area contributed by atoms with Crippen LogP contribution in [0.1, 0.15) is 37.7 Å². The highest BCUT2D eigenvalue weighted by molar-refractivity contribution is 5.41.